The van der Waals surface area contributed by atoms with Gasteiger partial charge in [-0.05, 0) is 25.7 Å². The van der Waals surface area contributed by atoms with E-state index in [9.17, 15) is 8.42 Å². The summed E-state index contributed by atoms with van der Waals surface area (Å²) < 4.78 is 30.9. The molecule has 1 fully saturated rings. The van der Waals surface area contributed by atoms with Crippen LogP contribution in [0.15, 0.2) is 0 Å². The van der Waals surface area contributed by atoms with Crippen molar-refractivity contribution < 1.29 is 18.3 Å². The van der Waals surface area contributed by atoms with E-state index in [-0.39, 0.29) is 30.9 Å². The van der Waals surface area contributed by atoms with Crippen LogP contribution in [-0.4, -0.2) is 45.1 Å². The lowest BCUT2D eigenvalue weighted by atomic mass is 10.2. The number of methoxy groups -OCH3 is 1. The molecule has 0 aromatic rings. The molecule has 0 aromatic carbocycles. The second kappa shape index (κ2) is 5.79. The summed E-state index contributed by atoms with van der Waals surface area (Å²) in [6, 6.07) is -0.0984. The molecule has 1 rings (SSSR count). The fourth-order valence-electron chi connectivity index (χ4n) is 1.89. The van der Waals surface area contributed by atoms with Gasteiger partial charge < -0.3 is 9.84 Å². The van der Waals surface area contributed by atoms with Crippen molar-refractivity contribution in [3.63, 3.8) is 0 Å². The molecule has 1 aliphatic carbocycles. The van der Waals surface area contributed by atoms with Crippen LogP contribution in [0.2, 0.25) is 0 Å². The normalized spacial score (nSPS) is 27.1. The molecule has 0 bridgehead atoms. The first-order valence-electron chi connectivity index (χ1n) is 5.22. The van der Waals surface area contributed by atoms with E-state index in [4.69, 9.17) is 9.84 Å². The minimum absolute atomic E-state index is 0.00565. The van der Waals surface area contributed by atoms with Gasteiger partial charge in [-0.25, -0.2) is 13.1 Å². The number of aliphatic hydroxyl groups excluding tert-OH is 1. The molecule has 0 heterocycles. The highest BCUT2D eigenvalue weighted by atomic mass is 32.2. The second-order valence-corrected chi connectivity index (χ2v) is 5.70. The highest BCUT2D eigenvalue weighted by Crippen LogP contribution is 2.22. The molecule has 6 heteroatoms. The summed E-state index contributed by atoms with van der Waals surface area (Å²) in [5, 5.41) is 8.57. The van der Waals surface area contributed by atoms with Gasteiger partial charge in [-0.1, -0.05) is 0 Å². The van der Waals surface area contributed by atoms with E-state index >= 15 is 0 Å². The molecule has 90 valence electrons. The third-order valence-electron chi connectivity index (χ3n) is 2.66. The van der Waals surface area contributed by atoms with E-state index in [0.29, 0.717) is 0 Å². The van der Waals surface area contributed by atoms with Crippen molar-refractivity contribution in [1.82, 2.24) is 4.72 Å². The Labute approximate surface area is 90.9 Å². The number of nitrogens with one attached hydrogen (secondary N) is 1. The first-order chi connectivity index (χ1) is 7.09. The Morgan fingerprint density at radius 1 is 1.47 bits per heavy atom. The molecule has 0 aliphatic heterocycles. The average Bonchev–Trinajstić information content (AvgIpc) is 2.61. The fraction of sp³-hybridized carbons (Fsp3) is 1.00. The zero-order valence-corrected chi connectivity index (χ0v) is 9.79. The predicted molar refractivity (Wildman–Crippen MR) is 57.1 cm³/mol. The molecule has 15 heavy (non-hydrogen) atoms. The minimum Gasteiger partial charge on any atom is -0.396 e. The van der Waals surface area contributed by atoms with Crippen molar-refractivity contribution >= 4 is 10.0 Å². The summed E-state index contributed by atoms with van der Waals surface area (Å²) in [4.78, 5) is 0. The van der Waals surface area contributed by atoms with Gasteiger partial charge in [0.05, 0.1) is 11.9 Å². The highest BCUT2D eigenvalue weighted by Gasteiger charge is 2.30. The minimum atomic E-state index is -3.26. The standard InChI is InChI=1S/C9H19NO4S/c1-14-9-5-2-4-8(9)10-15(12,13)7-3-6-11/h8-11H,2-7H2,1H3. The van der Waals surface area contributed by atoms with Crippen LogP contribution in [0.25, 0.3) is 0 Å². The number of sulfonamides is 1. The van der Waals surface area contributed by atoms with E-state index in [1.807, 2.05) is 0 Å². The largest absolute Gasteiger partial charge is 0.396 e. The Morgan fingerprint density at radius 2 is 2.20 bits per heavy atom. The van der Waals surface area contributed by atoms with Gasteiger partial charge in [0.2, 0.25) is 10.0 Å². The molecule has 0 spiro atoms. The Bertz CT molecular complexity index is 278. The van der Waals surface area contributed by atoms with E-state index in [1.165, 1.54) is 0 Å². The van der Waals surface area contributed by atoms with Gasteiger partial charge in [0, 0.05) is 19.8 Å². The summed E-state index contributed by atoms with van der Waals surface area (Å²) in [5.74, 6) is -0.0174. The maximum Gasteiger partial charge on any atom is 0.212 e. The zero-order valence-electron chi connectivity index (χ0n) is 8.98. The van der Waals surface area contributed by atoms with Gasteiger partial charge >= 0.3 is 0 Å². The molecule has 2 unspecified atom stereocenters. The molecule has 1 saturated carbocycles. The van der Waals surface area contributed by atoms with E-state index in [1.54, 1.807) is 7.11 Å². The van der Waals surface area contributed by atoms with Crippen LogP contribution in [0.1, 0.15) is 25.7 Å². The lowest BCUT2D eigenvalue weighted by molar-refractivity contribution is 0.0916. The van der Waals surface area contributed by atoms with Gasteiger partial charge in [-0.3, -0.25) is 0 Å². The average molecular weight is 237 g/mol. The van der Waals surface area contributed by atoms with Crippen LogP contribution in [0.4, 0.5) is 0 Å². The monoisotopic (exact) mass is 237 g/mol. The zero-order chi connectivity index (χ0) is 11.3. The molecular formula is C9H19NO4S. The maximum atomic E-state index is 11.5. The van der Waals surface area contributed by atoms with Gasteiger partial charge in [0.15, 0.2) is 0 Å². The van der Waals surface area contributed by atoms with Gasteiger partial charge in [0.1, 0.15) is 0 Å². The van der Waals surface area contributed by atoms with E-state index in [2.05, 4.69) is 4.72 Å². The Balaban J connectivity index is 2.45. The summed E-state index contributed by atoms with van der Waals surface area (Å²) in [6.07, 6.45) is 3.00. The number of hydrogen-bond acceptors (Lipinski definition) is 4. The number of aliphatic hydroxyl groups is 1. The molecule has 0 amide bonds. The Kier molecular flexibility index (Phi) is 4.98. The van der Waals surface area contributed by atoms with Crippen LogP contribution < -0.4 is 4.72 Å². The van der Waals surface area contributed by atoms with Crippen LogP contribution in [0.3, 0.4) is 0 Å². The Morgan fingerprint density at radius 3 is 2.80 bits per heavy atom. The van der Waals surface area contributed by atoms with E-state index in [0.717, 1.165) is 19.3 Å². The van der Waals surface area contributed by atoms with E-state index < -0.39 is 10.0 Å². The quantitative estimate of drug-likeness (QED) is 0.674. The predicted octanol–water partition coefficient (Wildman–Crippen LogP) is -0.144. The lowest BCUT2D eigenvalue weighted by Crippen LogP contribution is -2.41. The highest BCUT2D eigenvalue weighted by molar-refractivity contribution is 7.89. The SMILES string of the molecule is COC1CCCC1NS(=O)(=O)CCCO. The third-order valence-corrected chi connectivity index (χ3v) is 4.15. The van der Waals surface area contributed by atoms with Crippen molar-refractivity contribution in [1.29, 1.82) is 0 Å². The van der Waals surface area contributed by atoms with Crippen molar-refractivity contribution in [2.75, 3.05) is 19.5 Å². The van der Waals surface area contributed by atoms with Gasteiger partial charge in [-0.2, -0.15) is 0 Å². The molecule has 0 saturated heterocycles. The lowest BCUT2D eigenvalue weighted by Gasteiger charge is -2.19. The molecule has 1 aliphatic rings. The van der Waals surface area contributed by atoms with Crippen molar-refractivity contribution in [3.8, 4) is 0 Å². The first-order valence-corrected chi connectivity index (χ1v) is 6.88. The number of ether oxygens (including phenoxy) is 1. The molecule has 0 radical (unpaired) electrons. The molecular weight excluding hydrogens is 218 g/mol. The summed E-state index contributed by atoms with van der Waals surface area (Å²) >= 11 is 0. The van der Waals surface area contributed by atoms with Crippen LogP contribution in [-0.2, 0) is 14.8 Å². The Hall–Kier alpha value is -0.170. The molecule has 0 aromatic heterocycles. The fourth-order valence-corrected chi connectivity index (χ4v) is 3.24. The topological polar surface area (TPSA) is 75.6 Å². The van der Waals surface area contributed by atoms with Crippen molar-refractivity contribution in [3.05, 3.63) is 0 Å². The first kappa shape index (κ1) is 12.9. The summed E-state index contributed by atoms with van der Waals surface area (Å²) in [6.45, 7) is -0.0979. The van der Waals surface area contributed by atoms with Crippen molar-refractivity contribution in [2.24, 2.45) is 0 Å². The van der Waals surface area contributed by atoms with Gasteiger partial charge in [-0.15, -0.1) is 0 Å². The number of hydrogen-bond donors (Lipinski definition) is 2. The van der Waals surface area contributed by atoms with Crippen LogP contribution >= 0.6 is 0 Å². The van der Waals surface area contributed by atoms with Crippen molar-refractivity contribution in [2.45, 2.75) is 37.8 Å². The van der Waals surface area contributed by atoms with Crippen LogP contribution in [0, 0.1) is 0 Å². The maximum absolute atomic E-state index is 11.5. The third kappa shape index (κ3) is 4.06. The molecule has 5 nitrogen and oxygen atoms in total. The molecule has 2 atom stereocenters. The molecule has 2 N–H and O–H groups in total. The number of rotatable bonds is 6. The smallest absolute Gasteiger partial charge is 0.212 e. The van der Waals surface area contributed by atoms with Crippen LogP contribution in [0.5, 0.6) is 0 Å². The second-order valence-electron chi connectivity index (χ2n) is 3.83. The summed E-state index contributed by atoms with van der Waals surface area (Å²) in [7, 11) is -1.66. The van der Waals surface area contributed by atoms with Gasteiger partial charge in [0.25, 0.3) is 0 Å². The summed E-state index contributed by atoms with van der Waals surface area (Å²) in [5.41, 5.74) is 0.